The smallest absolute Gasteiger partial charge is 0.202 e. The molecule has 3 rings (SSSR count). The lowest BCUT2D eigenvalue weighted by molar-refractivity contribution is 1.09. The summed E-state index contributed by atoms with van der Waals surface area (Å²) in [6.07, 6.45) is 4.60. The average Bonchev–Trinajstić information content (AvgIpc) is 3.19. The lowest BCUT2D eigenvalue weighted by Gasteiger charge is -1.89. The van der Waals surface area contributed by atoms with Crippen LogP contribution in [0.15, 0.2) is 42.7 Å². The minimum atomic E-state index is 0.707. The maximum Gasteiger partial charge on any atom is 0.202 e. The Labute approximate surface area is 122 Å². The third kappa shape index (κ3) is 3.89. The van der Waals surface area contributed by atoms with Crippen LogP contribution in [0.5, 0.6) is 0 Å². The molecule has 0 aliphatic rings. The van der Waals surface area contributed by atoms with E-state index in [9.17, 15) is 0 Å². The highest BCUT2D eigenvalue weighted by Gasteiger charge is 2.05. The van der Waals surface area contributed by atoms with Crippen molar-refractivity contribution in [2.24, 2.45) is 0 Å². The van der Waals surface area contributed by atoms with E-state index >= 15 is 0 Å². The van der Waals surface area contributed by atoms with Gasteiger partial charge in [0.2, 0.25) is 5.13 Å². The molecule has 3 aromatic rings. The summed E-state index contributed by atoms with van der Waals surface area (Å²) in [5, 5.41) is 10.3. The molecule has 0 bridgehead atoms. The summed E-state index contributed by atoms with van der Waals surface area (Å²) in [5.74, 6) is 0.707. The molecule has 0 amide bonds. The SMILES string of the molecule is CCc1ccccc1.CNc1nc(-c2cn[nH]c2)ns1. The van der Waals surface area contributed by atoms with E-state index in [0.717, 1.165) is 17.1 Å². The molecule has 2 N–H and O–H groups in total. The molecular weight excluding hydrogens is 270 g/mol. The first-order valence-corrected chi connectivity index (χ1v) is 7.15. The predicted octanol–water partition coefficient (Wildman–Crippen LogP) is 3.22. The largest absolute Gasteiger partial charge is 0.363 e. The molecule has 104 valence electrons. The monoisotopic (exact) mass is 287 g/mol. The minimum Gasteiger partial charge on any atom is -0.363 e. The van der Waals surface area contributed by atoms with Gasteiger partial charge < -0.3 is 5.32 Å². The molecule has 6 heteroatoms. The Morgan fingerprint density at radius 2 is 2.05 bits per heavy atom. The molecule has 0 saturated heterocycles. The third-order valence-corrected chi connectivity index (χ3v) is 3.38. The van der Waals surface area contributed by atoms with Gasteiger partial charge in [-0.2, -0.15) is 14.5 Å². The number of hydrogen-bond acceptors (Lipinski definition) is 5. The summed E-state index contributed by atoms with van der Waals surface area (Å²) in [7, 11) is 1.82. The maximum atomic E-state index is 4.21. The van der Waals surface area contributed by atoms with Crippen molar-refractivity contribution < 1.29 is 0 Å². The van der Waals surface area contributed by atoms with Crippen LogP contribution in [0.3, 0.4) is 0 Å². The molecule has 0 radical (unpaired) electrons. The Kier molecular flexibility index (Phi) is 5.25. The van der Waals surface area contributed by atoms with Crippen LogP contribution in [0.1, 0.15) is 12.5 Å². The van der Waals surface area contributed by atoms with Crippen molar-refractivity contribution in [3.05, 3.63) is 48.3 Å². The van der Waals surface area contributed by atoms with Gasteiger partial charge in [0.05, 0.1) is 11.8 Å². The maximum absolute atomic E-state index is 4.21. The van der Waals surface area contributed by atoms with Gasteiger partial charge in [0, 0.05) is 24.8 Å². The Morgan fingerprint density at radius 1 is 1.25 bits per heavy atom. The van der Waals surface area contributed by atoms with Gasteiger partial charge in [-0.3, -0.25) is 5.10 Å². The number of aromatic nitrogens is 4. The van der Waals surface area contributed by atoms with Crippen LogP contribution in [-0.2, 0) is 6.42 Å². The number of benzene rings is 1. The number of aromatic amines is 1. The average molecular weight is 287 g/mol. The van der Waals surface area contributed by atoms with Gasteiger partial charge in [-0.15, -0.1) is 0 Å². The Bertz CT molecular complexity index is 604. The Hall–Kier alpha value is -2.21. The van der Waals surface area contributed by atoms with Crippen LogP contribution in [0.25, 0.3) is 11.4 Å². The summed E-state index contributed by atoms with van der Waals surface area (Å²) in [5.41, 5.74) is 2.32. The fraction of sp³-hybridized carbons (Fsp3) is 0.214. The molecule has 0 atom stereocenters. The zero-order chi connectivity index (χ0) is 14.2. The number of rotatable bonds is 3. The molecule has 0 unspecified atom stereocenters. The van der Waals surface area contributed by atoms with E-state index < -0.39 is 0 Å². The summed E-state index contributed by atoms with van der Waals surface area (Å²) in [6.45, 7) is 2.16. The second-order valence-electron chi connectivity index (χ2n) is 4.00. The highest BCUT2D eigenvalue weighted by atomic mass is 32.1. The number of aryl methyl sites for hydroxylation is 1. The lowest BCUT2D eigenvalue weighted by atomic mass is 10.2. The first-order valence-electron chi connectivity index (χ1n) is 6.38. The number of H-pyrrole nitrogens is 1. The number of nitrogens with one attached hydrogen (secondary N) is 2. The van der Waals surface area contributed by atoms with E-state index in [1.807, 2.05) is 13.1 Å². The number of anilines is 1. The molecule has 0 aliphatic heterocycles. The van der Waals surface area contributed by atoms with Crippen molar-refractivity contribution >= 4 is 16.7 Å². The van der Waals surface area contributed by atoms with Gasteiger partial charge >= 0.3 is 0 Å². The summed E-state index contributed by atoms with van der Waals surface area (Å²) in [6, 6.07) is 10.5. The molecule has 1 aromatic carbocycles. The third-order valence-electron chi connectivity index (χ3n) is 2.65. The van der Waals surface area contributed by atoms with E-state index in [1.165, 1.54) is 17.1 Å². The molecule has 0 spiro atoms. The van der Waals surface area contributed by atoms with Gasteiger partial charge in [-0.25, -0.2) is 0 Å². The highest BCUT2D eigenvalue weighted by Crippen LogP contribution is 2.18. The quantitative estimate of drug-likeness (QED) is 0.776. The molecule has 20 heavy (non-hydrogen) atoms. The molecule has 0 saturated carbocycles. The second kappa shape index (κ2) is 7.40. The van der Waals surface area contributed by atoms with Crippen LogP contribution in [-0.4, -0.2) is 26.6 Å². The van der Waals surface area contributed by atoms with E-state index in [2.05, 4.69) is 56.1 Å². The van der Waals surface area contributed by atoms with Gasteiger partial charge in [-0.1, -0.05) is 37.3 Å². The van der Waals surface area contributed by atoms with Gasteiger partial charge in [0.25, 0.3) is 0 Å². The highest BCUT2D eigenvalue weighted by molar-refractivity contribution is 7.09. The van der Waals surface area contributed by atoms with E-state index in [4.69, 9.17) is 0 Å². The van der Waals surface area contributed by atoms with Gasteiger partial charge in [0.1, 0.15) is 0 Å². The van der Waals surface area contributed by atoms with Crippen LogP contribution < -0.4 is 5.32 Å². The first kappa shape index (κ1) is 14.2. The second-order valence-corrected chi connectivity index (χ2v) is 4.75. The van der Waals surface area contributed by atoms with Crippen LogP contribution in [0.2, 0.25) is 0 Å². The topological polar surface area (TPSA) is 66.5 Å². The standard InChI is InChI=1S/C8H10.C6H7N5S/c1-2-8-6-4-3-5-7-8;1-7-6-10-5(11-12-6)4-2-8-9-3-4/h3-7H,2H2,1H3;2-3H,1H3,(H,8,9)(H,7,10,11). The lowest BCUT2D eigenvalue weighted by Crippen LogP contribution is -1.85. The van der Waals surface area contributed by atoms with Crippen molar-refractivity contribution in [3.8, 4) is 11.4 Å². The van der Waals surface area contributed by atoms with E-state index in [-0.39, 0.29) is 0 Å². The fourth-order valence-electron chi connectivity index (χ4n) is 1.53. The summed E-state index contributed by atoms with van der Waals surface area (Å²) >= 11 is 1.33. The molecule has 2 aromatic heterocycles. The van der Waals surface area contributed by atoms with Crippen molar-refractivity contribution in [1.82, 2.24) is 19.6 Å². The van der Waals surface area contributed by atoms with Crippen molar-refractivity contribution in [3.63, 3.8) is 0 Å². The summed E-state index contributed by atoms with van der Waals surface area (Å²) in [4.78, 5) is 4.21. The van der Waals surface area contributed by atoms with Crippen LogP contribution >= 0.6 is 11.5 Å². The normalized spacial score (nSPS) is 9.70. The molecule has 0 aliphatic carbocycles. The molecular formula is C14H17N5S. The predicted molar refractivity (Wildman–Crippen MR) is 82.9 cm³/mol. The van der Waals surface area contributed by atoms with Crippen molar-refractivity contribution in [2.45, 2.75) is 13.3 Å². The molecule has 2 heterocycles. The van der Waals surface area contributed by atoms with E-state index in [1.54, 1.807) is 12.4 Å². The number of hydrogen-bond donors (Lipinski definition) is 2. The molecule has 5 nitrogen and oxygen atoms in total. The first-order chi connectivity index (χ1) is 9.83. The van der Waals surface area contributed by atoms with Gasteiger partial charge in [-0.05, 0) is 12.0 Å². The van der Waals surface area contributed by atoms with Crippen LogP contribution in [0, 0.1) is 0 Å². The van der Waals surface area contributed by atoms with Crippen molar-refractivity contribution in [1.29, 1.82) is 0 Å². The zero-order valence-electron chi connectivity index (χ0n) is 11.5. The molecule has 0 fully saturated rings. The van der Waals surface area contributed by atoms with E-state index in [0.29, 0.717) is 5.82 Å². The minimum absolute atomic E-state index is 0.707. The fourth-order valence-corrected chi connectivity index (χ4v) is 2.07. The van der Waals surface area contributed by atoms with Crippen molar-refractivity contribution in [2.75, 3.05) is 12.4 Å². The Balaban J connectivity index is 0.000000160. The zero-order valence-corrected chi connectivity index (χ0v) is 12.3. The van der Waals surface area contributed by atoms with Crippen LogP contribution in [0.4, 0.5) is 5.13 Å². The number of nitrogens with zero attached hydrogens (tertiary/aromatic N) is 3. The Morgan fingerprint density at radius 3 is 2.55 bits per heavy atom. The van der Waals surface area contributed by atoms with Gasteiger partial charge in [0.15, 0.2) is 5.82 Å². The summed E-state index contributed by atoms with van der Waals surface area (Å²) < 4.78 is 4.14.